The van der Waals surface area contributed by atoms with Gasteiger partial charge in [0.05, 0.1) is 18.3 Å². The molecule has 0 saturated carbocycles. The van der Waals surface area contributed by atoms with Crippen molar-refractivity contribution in [3.05, 3.63) is 46.8 Å². The molecule has 2 aliphatic rings. The fraction of sp³-hybridized carbons (Fsp3) is 0.476. The van der Waals surface area contributed by atoms with Crippen LogP contribution in [-0.2, 0) is 9.53 Å². The van der Waals surface area contributed by atoms with Gasteiger partial charge in [0.25, 0.3) is 5.91 Å². The number of pyridine rings is 1. The summed E-state index contributed by atoms with van der Waals surface area (Å²) < 4.78 is 43.8. The van der Waals surface area contributed by atoms with Crippen molar-refractivity contribution < 1.29 is 37.3 Å². The molecule has 7 nitrogen and oxygen atoms in total. The van der Waals surface area contributed by atoms with Gasteiger partial charge in [-0.2, -0.15) is 24.5 Å². The summed E-state index contributed by atoms with van der Waals surface area (Å²) in [5, 5.41) is 11.0. The van der Waals surface area contributed by atoms with E-state index >= 15 is 0 Å². The van der Waals surface area contributed by atoms with Crippen LogP contribution in [-0.4, -0.2) is 65.5 Å². The third-order valence-corrected chi connectivity index (χ3v) is 6.11. The highest BCUT2D eigenvalue weighted by molar-refractivity contribution is 7.08. The van der Waals surface area contributed by atoms with Crippen molar-refractivity contribution >= 4 is 23.2 Å². The molecule has 4 heterocycles. The van der Waals surface area contributed by atoms with Gasteiger partial charge in [0.1, 0.15) is 0 Å². The summed E-state index contributed by atoms with van der Waals surface area (Å²) in [4.78, 5) is 27.9. The van der Waals surface area contributed by atoms with Crippen molar-refractivity contribution in [3.8, 4) is 5.88 Å². The Morgan fingerprint density at radius 2 is 2.12 bits per heavy atom. The maximum atomic E-state index is 12.8. The molecule has 32 heavy (non-hydrogen) atoms. The average Bonchev–Trinajstić information content (AvgIpc) is 3.32. The predicted molar refractivity (Wildman–Crippen MR) is 110 cm³/mol. The van der Waals surface area contributed by atoms with Gasteiger partial charge in [-0.1, -0.05) is 6.07 Å². The number of likely N-dealkylation sites (tertiary alicyclic amines) is 1. The van der Waals surface area contributed by atoms with Crippen LogP contribution in [0.15, 0.2) is 41.2 Å². The van der Waals surface area contributed by atoms with Gasteiger partial charge < -0.3 is 19.5 Å². The number of rotatable bonds is 4. The third kappa shape index (κ3) is 5.98. The Morgan fingerprint density at radius 3 is 2.75 bits per heavy atom. The number of aliphatic carboxylic acids is 1. The molecule has 2 aromatic heterocycles. The number of amides is 1. The van der Waals surface area contributed by atoms with Crippen LogP contribution < -0.4 is 4.74 Å². The van der Waals surface area contributed by atoms with Gasteiger partial charge in [0.15, 0.2) is 0 Å². The van der Waals surface area contributed by atoms with E-state index in [1.165, 1.54) is 0 Å². The van der Waals surface area contributed by atoms with Crippen LogP contribution in [0.4, 0.5) is 13.2 Å². The van der Waals surface area contributed by atoms with Gasteiger partial charge >= 0.3 is 12.1 Å². The van der Waals surface area contributed by atoms with Crippen molar-refractivity contribution in [2.45, 2.75) is 31.5 Å². The number of carboxylic acids is 1. The molecule has 0 aliphatic carbocycles. The fourth-order valence-corrected chi connectivity index (χ4v) is 4.52. The number of halogens is 3. The second-order valence-corrected chi connectivity index (χ2v) is 8.39. The second-order valence-electron chi connectivity index (χ2n) is 7.61. The standard InChI is InChI=1S/C19H22N2O3S.C2HF3O2/c22-18(15-6-11-25-12-15)21-9-5-16-19(13-21,7-3-10-23-16)14-24-17-4-1-2-8-20-17;3-2(4,5)1(6)7/h1-2,4,6,8,11-12,16H,3,5,7,9-10,13-14H2;(H,6,7). The molecule has 1 amide bonds. The third-order valence-electron chi connectivity index (χ3n) is 5.43. The fourth-order valence-electron chi connectivity index (χ4n) is 3.89. The quantitative estimate of drug-likeness (QED) is 0.727. The number of ether oxygens (including phenoxy) is 2. The van der Waals surface area contributed by atoms with Gasteiger partial charge in [-0.25, -0.2) is 9.78 Å². The van der Waals surface area contributed by atoms with Crippen LogP contribution in [0, 0.1) is 5.41 Å². The van der Waals surface area contributed by atoms with E-state index in [9.17, 15) is 18.0 Å². The molecule has 2 unspecified atom stereocenters. The van der Waals surface area contributed by atoms with Crippen molar-refractivity contribution in [2.24, 2.45) is 5.41 Å². The minimum Gasteiger partial charge on any atom is -0.477 e. The van der Waals surface area contributed by atoms with E-state index in [1.807, 2.05) is 39.9 Å². The van der Waals surface area contributed by atoms with E-state index in [-0.39, 0.29) is 17.4 Å². The summed E-state index contributed by atoms with van der Waals surface area (Å²) in [6, 6.07) is 7.56. The average molecular weight is 472 g/mol. The lowest BCUT2D eigenvalue weighted by atomic mass is 9.73. The highest BCUT2D eigenvalue weighted by Gasteiger charge is 2.48. The topological polar surface area (TPSA) is 89.0 Å². The smallest absolute Gasteiger partial charge is 0.477 e. The molecule has 2 atom stereocenters. The Bertz CT molecular complexity index is 895. The number of hydrogen-bond donors (Lipinski definition) is 1. The first-order chi connectivity index (χ1) is 15.2. The Balaban J connectivity index is 0.000000360. The maximum absolute atomic E-state index is 12.8. The van der Waals surface area contributed by atoms with E-state index in [0.29, 0.717) is 19.0 Å². The largest absolute Gasteiger partial charge is 0.490 e. The number of carboxylic acid groups (broad SMARTS) is 1. The summed E-state index contributed by atoms with van der Waals surface area (Å²) in [7, 11) is 0. The lowest BCUT2D eigenvalue weighted by Crippen LogP contribution is -2.58. The van der Waals surface area contributed by atoms with Crippen molar-refractivity contribution in [1.82, 2.24) is 9.88 Å². The van der Waals surface area contributed by atoms with E-state index in [0.717, 1.165) is 38.0 Å². The lowest BCUT2D eigenvalue weighted by Gasteiger charge is -2.50. The van der Waals surface area contributed by atoms with Gasteiger partial charge in [-0.3, -0.25) is 4.79 Å². The Morgan fingerprint density at radius 1 is 1.34 bits per heavy atom. The van der Waals surface area contributed by atoms with Crippen molar-refractivity contribution in [3.63, 3.8) is 0 Å². The van der Waals surface area contributed by atoms with Crippen molar-refractivity contribution in [2.75, 3.05) is 26.3 Å². The number of alkyl halides is 3. The highest BCUT2D eigenvalue weighted by atomic mass is 32.1. The number of aromatic nitrogens is 1. The van der Waals surface area contributed by atoms with Crippen LogP contribution in [0.1, 0.15) is 29.6 Å². The molecule has 1 N–H and O–H groups in total. The number of hydrogen-bond acceptors (Lipinski definition) is 6. The molecule has 2 aromatic rings. The van der Waals surface area contributed by atoms with Crippen molar-refractivity contribution in [1.29, 1.82) is 0 Å². The zero-order chi connectivity index (χ0) is 23.2. The zero-order valence-corrected chi connectivity index (χ0v) is 17.9. The van der Waals surface area contributed by atoms with E-state index in [2.05, 4.69) is 4.98 Å². The Kier molecular flexibility index (Phi) is 7.73. The summed E-state index contributed by atoms with van der Waals surface area (Å²) >= 11 is 1.56. The summed E-state index contributed by atoms with van der Waals surface area (Å²) in [5.41, 5.74) is 0.626. The summed E-state index contributed by atoms with van der Waals surface area (Å²) in [6.07, 6.45) is -0.326. The Hall–Kier alpha value is -2.66. The molecule has 2 aliphatic heterocycles. The normalized spacial score (nSPS) is 22.8. The highest BCUT2D eigenvalue weighted by Crippen LogP contribution is 2.41. The molecule has 0 bridgehead atoms. The molecule has 11 heteroatoms. The van der Waals surface area contributed by atoms with Crippen LogP contribution in [0.3, 0.4) is 0 Å². The summed E-state index contributed by atoms with van der Waals surface area (Å²) in [6.45, 7) is 2.75. The summed E-state index contributed by atoms with van der Waals surface area (Å²) in [5.74, 6) is -2.02. The van der Waals surface area contributed by atoms with Gasteiger partial charge in [-0.15, -0.1) is 0 Å². The molecule has 174 valence electrons. The molecule has 4 rings (SSSR count). The SMILES string of the molecule is O=C(O)C(F)(F)F.O=C(c1ccsc1)N1CCC2OCCCC2(COc2ccccn2)C1. The molecule has 0 aromatic carbocycles. The van der Waals surface area contributed by atoms with E-state index in [1.54, 1.807) is 17.5 Å². The first-order valence-corrected chi connectivity index (χ1v) is 10.9. The minimum atomic E-state index is -5.08. The number of carbonyl (C=O) groups is 2. The van der Waals surface area contributed by atoms with Gasteiger partial charge in [-0.05, 0) is 36.8 Å². The molecule has 2 fully saturated rings. The maximum Gasteiger partial charge on any atom is 0.490 e. The first kappa shape index (κ1) is 24.0. The number of thiophene rings is 1. The molecular formula is C21H23F3N2O5S. The molecular weight excluding hydrogens is 449 g/mol. The molecule has 2 saturated heterocycles. The van der Waals surface area contributed by atoms with Gasteiger partial charge in [0.2, 0.25) is 5.88 Å². The van der Waals surface area contributed by atoms with E-state index < -0.39 is 12.1 Å². The lowest BCUT2D eigenvalue weighted by molar-refractivity contribution is -0.192. The van der Waals surface area contributed by atoms with Gasteiger partial charge in [0, 0.05) is 42.8 Å². The predicted octanol–water partition coefficient (Wildman–Crippen LogP) is 3.87. The van der Waals surface area contributed by atoms with Crippen LogP contribution in [0.2, 0.25) is 0 Å². The van der Waals surface area contributed by atoms with Crippen LogP contribution in [0.25, 0.3) is 0 Å². The van der Waals surface area contributed by atoms with Crippen LogP contribution in [0.5, 0.6) is 5.88 Å². The number of nitrogens with zero attached hydrogens (tertiary/aromatic N) is 2. The number of carbonyl (C=O) groups excluding carboxylic acids is 1. The van der Waals surface area contributed by atoms with Crippen LogP contribution >= 0.6 is 11.3 Å². The zero-order valence-electron chi connectivity index (χ0n) is 17.1. The minimum absolute atomic E-state index is 0.113. The monoisotopic (exact) mass is 472 g/mol. The number of fused-ring (bicyclic) bond motifs is 1. The first-order valence-electron chi connectivity index (χ1n) is 9.98. The molecule has 0 spiro atoms. The van der Waals surface area contributed by atoms with E-state index in [4.69, 9.17) is 19.4 Å². The second kappa shape index (κ2) is 10.3. The number of piperidine rings is 1. The molecule has 0 radical (unpaired) electrons. The Labute approximate surface area is 186 Å².